The zero-order valence-electron chi connectivity index (χ0n) is 15.1. The first-order chi connectivity index (χ1) is 13.2. The van der Waals surface area contributed by atoms with Crippen molar-refractivity contribution in [2.75, 3.05) is 25.1 Å². The highest BCUT2D eigenvalue weighted by Crippen LogP contribution is 2.11. The average Bonchev–Trinajstić information content (AvgIpc) is 2.68. The summed E-state index contributed by atoms with van der Waals surface area (Å²) in [4.78, 5) is 24.2. The molecule has 0 atom stereocenters. The van der Waals surface area contributed by atoms with E-state index in [0.29, 0.717) is 12.3 Å². The number of hydrogen-bond donors (Lipinski definition) is 2. The maximum atomic E-state index is 12.7. The van der Waals surface area contributed by atoms with Gasteiger partial charge in [-0.3, -0.25) is 4.79 Å². The fourth-order valence-corrected chi connectivity index (χ4v) is 2.25. The summed E-state index contributed by atoms with van der Waals surface area (Å²) in [5.74, 6) is -0.548. The van der Waals surface area contributed by atoms with Crippen LogP contribution in [-0.2, 0) is 27.6 Å². The van der Waals surface area contributed by atoms with E-state index < -0.39 is 11.5 Å². The number of hydrogen-bond acceptors (Lipinski definition) is 7. The first-order valence-electron chi connectivity index (χ1n) is 8.57. The van der Waals surface area contributed by atoms with Crippen molar-refractivity contribution >= 4 is 17.7 Å². The zero-order chi connectivity index (χ0) is 19.5. The first-order valence-corrected chi connectivity index (χ1v) is 8.57. The van der Waals surface area contributed by atoms with Crippen LogP contribution in [0.5, 0.6) is 0 Å². The molecule has 144 valence electrons. The Labute approximate surface area is 157 Å². The number of esters is 1. The zero-order valence-corrected chi connectivity index (χ0v) is 15.1. The molecule has 0 saturated carbocycles. The van der Waals surface area contributed by atoms with Gasteiger partial charge in [-0.15, -0.1) is 0 Å². The van der Waals surface area contributed by atoms with Crippen LogP contribution >= 0.6 is 0 Å². The summed E-state index contributed by atoms with van der Waals surface area (Å²) in [6.45, 7) is 2.39. The molecule has 0 fully saturated rings. The maximum Gasteiger partial charge on any atom is 0.330 e. The summed E-state index contributed by atoms with van der Waals surface area (Å²) in [6.07, 6.45) is 4.00. The summed E-state index contributed by atoms with van der Waals surface area (Å²) in [5.41, 5.74) is 1.20. The van der Waals surface area contributed by atoms with Crippen LogP contribution in [0.1, 0.15) is 18.1 Å². The molecule has 8 heteroatoms. The van der Waals surface area contributed by atoms with Crippen molar-refractivity contribution in [3.05, 3.63) is 64.1 Å². The Balaban J connectivity index is 2.16. The number of carbonyl (C=O) groups excluding carboxylic acids is 1. The number of rotatable bonds is 10. The number of benzene rings is 1. The van der Waals surface area contributed by atoms with Crippen molar-refractivity contribution < 1.29 is 19.4 Å². The van der Waals surface area contributed by atoms with Crippen LogP contribution in [0.2, 0.25) is 0 Å². The Morgan fingerprint density at radius 2 is 2.11 bits per heavy atom. The molecule has 0 bridgehead atoms. The quantitative estimate of drug-likeness (QED) is 0.479. The van der Waals surface area contributed by atoms with E-state index in [1.165, 1.54) is 18.3 Å². The first kappa shape index (κ1) is 20.3. The molecule has 0 spiro atoms. The second-order valence-electron chi connectivity index (χ2n) is 5.48. The van der Waals surface area contributed by atoms with Gasteiger partial charge in [0.25, 0.3) is 5.56 Å². The third kappa shape index (κ3) is 6.36. The third-order valence-electron chi connectivity index (χ3n) is 3.51. The number of ether oxygens (including phenoxy) is 2. The van der Waals surface area contributed by atoms with Crippen LogP contribution in [-0.4, -0.2) is 40.6 Å². The van der Waals surface area contributed by atoms with Gasteiger partial charge in [0.05, 0.1) is 37.3 Å². The van der Waals surface area contributed by atoms with Gasteiger partial charge in [-0.2, -0.15) is 5.10 Å². The van der Waals surface area contributed by atoms with Gasteiger partial charge in [0.15, 0.2) is 0 Å². The highest BCUT2D eigenvalue weighted by molar-refractivity contribution is 5.88. The van der Waals surface area contributed by atoms with Crippen LogP contribution in [0.4, 0.5) is 5.69 Å². The molecule has 0 aliphatic carbocycles. The highest BCUT2D eigenvalue weighted by atomic mass is 16.5. The van der Waals surface area contributed by atoms with Gasteiger partial charge < -0.3 is 19.9 Å². The van der Waals surface area contributed by atoms with Crippen LogP contribution in [0, 0.1) is 0 Å². The van der Waals surface area contributed by atoms with Crippen molar-refractivity contribution in [2.24, 2.45) is 0 Å². The SMILES string of the molecule is CCOC(=O)/C=C/c1c(NCCO)cnn(COCc2ccccc2)c1=O. The van der Waals surface area contributed by atoms with Gasteiger partial charge in [0.1, 0.15) is 6.73 Å². The van der Waals surface area contributed by atoms with Gasteiger partial charge in [-0.25, -0.2) is 9.48 Å². The van der Waals surface area contributed by atoms with Crippen LogP contribution in [0.15, 0.2) is 47.4 Å². The van der Waals surface area contributed by atoms with Gasteiger partial charge in [0, 0.05) is 12.6 Å². The van der Waals surface area contributed by atoms with Crippen molar-refractivity contribution in [1.29, 1.82) is 0 Å². The van der Waals surface area contributed by atoms with Gasteiger partial charge in [-0.05, 0) is 18.6 Å². The van der Waals surface area contributed by atoms with Crippen LogP contribution < -0.4 is 10.9 Å². The highest BCUT2D eigenvalue weighted by Gasteiger charge is 2.10. The Morgan fingerprint density at radius 3 is 2.81 bits per heavy atom. The number of aliphatic hydroxyl groups is 1. The molecule has 1 aromatic heterocycles. The molecule has 8 nitrogen and oxygen atoms in total. The van der Waals surface area contributed by atoms with E-state index in [9.17, 15) is 9.59 Å². The number of anilines is 1. The van der Waals surface area contributed by atoms with Crippen molar-refractivity contribution in [3.8, 4) is 0 Å². The molecular weight excluding hydrogens is 350 g/mol. The monoisotopic (exact) mass is 373 g/mol. The predicted octanol–water partition coefficient (Wildman–Crippen LogP) is 1.40. The molecule has 0 aliphatic heterocycles. The normalized spacial score (nSPS) is 10.9. The molecule has 2 rings (SSSR count). The molecular formula is C19H23N3O5. The Kier molecular flexibility index (Phi) is 8.21. The van der Waals surface area contributed by atoms with E-state index in [2.05, 4.69) is 10.4 Å². The standard InChI is InChI=1S/C19H23N3O5/c1-2-27-18(24)9-8-16-17(20-10-11-23)12-21-22(19(16)25)14-26-13-15-6-4-3-5-7-15/h3-9,12,20,23H,2,10-11,13-14H2,1H3/b9-8+. The Hall–Kier alpha value is -2.97. The molecule has 2 N–H and O–H groups in total. The van der Waals surface area contributed by atoms with E-state index in [4.69, 9.17) is 14.6 Å². The molecule has 1 heterocycles. The predicted molar refractivity (Wildman–Crippen MR) is 101 cm³/mol. The summed E-state index contributed by atoms with van der Waals surface area (Å²) in [6, 6.07) is 9.57. The number of carbonyl (C=O) groups is 1. The maximum absolute atomic E-state index is 12.7. The van der Waals surface area contributed by atoms with E-state index in [1.807, 2.05) is 30.3 Å². The lowest BCUT2D eigenvalue weighted by Crippen LogP contribution is -2.27. The smallest absolute Gasteiger partial charge is 0.330 e. The van der Waals surface area contributed by atoms with Crippen LogP contribution in [0.3, 0.4) is 0 Å². The minimum atomic E-state index is -0.548. The lowest BCUT2D eigenvalue weighted by atomic mass is 10.2. The molecule has 0 saturated heterocycles. The second kappa shape index (κ2) is 10.9. The van der Waals surface area contributed by atoms with Gasteiger partial charge >= 0.3 is 5.97 Å². The molecule has 0 aliphatic rings. The molecule has 27 heavy (non-hydrogen) atoms. The summed E-state index contributed by atoms with van der Waals surface area (Å²) in [5, 5.41) is 15.9. The third-order valence-corrected chi connectivity index (χ3v) is 3.51. The topological polar surface area (TPSA) is 103 Å². The van der Waals surface area contributed by atoms with Gasteiger partial charge in [-0.1, -0.05) is 30.3 Å². The summed E-state index contributed by atoms with van der Waals surface area (Å²) in [7, 11) is 0. The lowest BCUT2D eigenvalue weighted by Gasteiger charge is -2.11. The van der Waals surface area contributed by atoms with E-state index in [0.717, 1.165) is 10.2 Å². The Morgan fingerprint density at radius 1 is 1.33 bits per heavy atom. The van der Waals surface area contributed by atoms with Crippen molar-refractivity contribution in [1.82, 2.24) is 9.78 Å². The lowest BCUT2D eigenvalue weighted by molar-refractivity contribution is -0.137. The molecule has 0 unspecified atom stereocenters. The van der Waals surface area contributed by atoms with Crippen LogP contribution in [0.25, 0.3) is 6.08 Å². The number of aliphatic hydroxyl groups excluding tert-OH is 1. The number of aromatic nitrogens is 2. The van der Waals surface area contributed by atoms with E-state index >= 15 is 0 Å². The van der Waals surface area contributed by atoms with Gasteiger partial charge in [0.2, 0.25) is 0 Å². The summed E-state index contributed by atoms with van der Waals surface area (Å²) < 4.78 is 11.5. The number of nitrogens with zero attached hydrogens (tertiary/aromatic N) is 2. The Bertz CT molecular complexity index is 818. The number of nitrogens with one attached hydrogen (secondary N) is 1. The van der Waals surface area contributed by atoms with Crippen molar-refractivity contribution in [2.45, 2.75) is 20.3 Å². The molecule has 0 amide bonds. The fraction of sp³-hybridized carbons (Fsp3) is 0.316. The largest absolute Gasteiger partial charge is 0.463 e. The van der Waals surface area contributed by atoms with Crippen molar-refractivity contribution in [3.63, 3.8) is 0 Å². The molecule has 1 aromatic carbocycles. The minimum Gasteiger partial charge on any atom is -0.463 e. The molecule has 2 aromatic rings. The summed E-state index contributed by atoms with van der Waals surface area (Å²) >= 11 is 0. The molecule has 0 radical (unpaired) electrons. The van der Waals surface area contributed by atoms with E-state index in [-0.39, 0.29) is 32.1 Å². The fourth-order valence-electron chi connectivity index (χ4n) is 2.25. The average molecular weight is 373 g/mol. The minimum absolute atomic E-state index is 0.0335. The second-order valence-corrected chi connectivity index (χ2v) is 5.48. The van der Waals surface area contributed by atoms with E-state index in [1.54, 1.807) is 6.92 Å².